The molecule has 8 nitrogen and oxygen atoms in total. The fourth-order valence-electron chi connectivity index (χ4n) is 2.90. The first-order valence-corrected chi connectivity index (χ1v) is 9.27. The predicted octanol–water partition coefficient (Wildman–Crippen LogP) is 1.58. The van der Waals surface area contributed by atoms with Crippen molar-refractivity contribution in [1.29, 1.82) is 0 Å². The summed E-state index contributed by atoms with van der Waals surface area (Å²) < 4.78 is 28.9. The standard InChI is InChI=1S/C14H22N6O2S/c1-10(2)13-16-14(18-17-13)11-6-4-5-9-20(11)23(21,22)12-7-8-15-19(12)3/h7-8,10-11H,4-6,9H2,1-3H3,(H,16,17,18)/t11-/m0/s1. The van der Waals surface area contributed by atoms with Crippen LogP contribution >= 0.6 is 0 Å². The summed E-state index contributed by atoms with van der Waals surface area (Å²) in [6.07, 6.45) is 4.06. The highest BCUT2D eigenvalue weighted by atomic mass is 32.2. The normalized spacial score (nSPS) is 20.3. The van der Waals surface area contributed by atoms with Crippen LogP contribution in [0.15, 0.2) is 17.3 Å². The van der Waals surface area contributed by atoms with Crippen LogP contribution in [-0.4, -0.2) is 44.2 Å². The highest BCUT2D eigenvalue weighted by molar-refractivity contribution is 7.89. The molecule has 0 radical (unpaired) electrons. The van der Waals surface area contributed by atoms with E-state index >= 15 is 0 Å². The number of aromatic amines is 1. The molecular formula is C14H22N6O2S. The summed E-state index contributed by atoms with van der Waals surface area (Å²) in [5.41, 5.74) is 0. The van der Waals surface area contributed by atoms with E-state index in [9.17, 15) is 8.42 Å². The monoisotopic (exact) mass is 338 g/mol. The van der Waals surface area contributed by atoms with Gasteiger partial charge in [0.1, 0.15) is 5.82 Å². The molecule has 0 amide bonds. The summed E-state index contributed by atoms with van der Waals surface area (Å²) in [6.45, 7) is 4.51. The summed E-state index contributed by atoms with van der Waals surface area (Å²) >= 11 is 0. The highest BCUT2D eigenvalue weighted by Crippen LogP contribution is 2.34. The van der Waals surface area contributed by atoms with Crippen molar-refractivity contribution in [3.63, 3.8) is 0 Å². The van der Waals surface area contributed by atoms with E-state index in [0.29, 0.717) is 18.2 Å². The molecule has 3 heterocycles. The van der Waals surface area contributed by atoms with E-state index in [1.54, 1.807) is 7.05 Å². The number of H-pyrrole nitrogens is 1. The van der Waals surface area contributed by atoms with Gasteiger partial charge in [0.15, 0.2) is 10.9 Å². The quantitative estimate of drug-likeness (QED) is 0.913. The van der Waals surface area contributed by atoms with Gasteiger partial charge in [-0.2, -0.15) is 14.5 Å². The minimum absolute atomic E-state index is 0.200. The van der Waals surface area contributed by atoms with E-state index in [2.05, 4.69) is 20.3 Å². The summed E-state index contributed by atoms with van der Waals surface area (Å²) in [6, 6.07) is 1.23. The molecule has 23 heavy (non-hydrogen) atoms. The van der Waals surface area contributed by atoms with Crippen molar-refractivity contribution in [1.82, 2.24) is 29.3 Å². The SMILES string of the molecule is CC(C)c1n[nH]c([C@@H]2CCCCN2S(=O)(=O)c2ccnn2C)n1. The molecule has 0 saturated carbocycles. The molecule has 9 heteroatoms. The van der Waals surface area contributed by atoms with Crippen LogP contribution in [0.4, 0.5) is 0 Å². The zero-order chi connectivity index (χ0) is 16.6. The Morgan fingerprint density at radius 2 is 2.13 bits per heavy atom. The second-order valence-electron chi connectivity index (χ2n) is 6.15. The van der Waals surface area contributed by atoms with Gasteiger partial charge < -0.3 is 0 Å². The van der Waals surface area contributed by atoms with Gasteiger partial charge in [0.25, 0.3) is 10.0 Å². The van der Waals surface area contributed by atoms with Gasteiger partial charge >= 0.3 is 0 Å². The second kappa shape index (κ2) is 6.04. The van der Waals surface area contributed by atoms with Crippen LogP contribution in [0.1, 0.15) is 56.7 Å². The molecule has 1 N–H and O–H groups in total. The van der Waals surface area contributed by atoms with Gasteiger partial charge in [-0.25, -0.2) is 13.4 Å². The molecule has 3 rings (SSSR count). The molecule has 1 atom stereocenters. The summed E-state index contributed by atoms with van der Waals surface area (Å²) in [5.74, 6) is 1.54. The van der Waals surface area contributed by atoms with Crippen LogP contribution in [0.3, 0.4) is 0 Å². The Morgan fingerprint density at radius 3 is 2.74 bits per heavy atom. The zero-order valence-electron chi connectivity index (χ0n) is 13.6. The number of aromatic nitrogens is 5. The summed E-state index contributed by atoms with van der Waals surface area (Å²) in [4.78, 5) is 4.51. The van der Waals surface area contributed by atoms with Crippen LogP contribution in [0.25, 0.3) is 0 Å². The number of hydrogen-bond donors (Lipinski definition) is 1. The predicted molar refractivity (Wildman–Crippen MR) is 84.2 cm³/mol. The van der Waals surface area contributed by atoms with E-state index < -0.39 is 10.0 Å². The number of nitrogens with one attached hydrogen (secondary N) is 1. The first-order valence-electron chi connectivity index (χ1n) is 7.83. The van der Waals surface area contributed by atoms with Gasteiger partial charge in [-0.1, -0.05) is 20.3 Å². The molecule has 0 spiro atoms. The van der Waals surface area contributed by atoms with Crippen LogP contribution in [-0.2, 0) is 17.1 Å². The summed E-state index contributed by atoms with van der Waals surface area (Å²) in [5, 5.41) is 11.3. The molecule has 2 aromatic heterocycles. The third-order valence-electron chi connectivity index (χ3n) is 4.15. The third-order valence-corrected chi connectivity index (χ3v) is 6.14. The van der Waals surface area contributed by atoms with Crippen molar-refractivity contribution in [2.24, 2.45) is 7.05 Å². The van der Waals surface area contributed by atoms with Gasteiger partial charge in [0.05, 0.1) is 12.2 Å². The van der Waals surface area contributed by atoms with E-state index in [0.717, 1.165) is 19.3 Å². The highest BCUT2D eigenvalue weighted by Gasteiger charge is 2.37. The maximum absolute atomic E-state index is 13.0. The fourth-order valence-corrected chi connectivity index (χ4v) is 4.66. The van der Waals surface area contributed by atoms with Crippen LogP contribution < -0.4 is 0 Å². The fraction of sp³-hybridized carbons (Fsp3) is 0.643. The number of sulfonamides is 1. The van der Waals surface area contributed by atoms with Crippen LogP contribution in [0.5, 0.6) is 0 Å². The lowest BCUT2D eigenvalue weighted by molar-refractivity contribution is 0.245. The van der Waals surface area contributed by atoms with Gasteiger partial charge in [-0.3, -0.25) is 9.78 Å². The molecule has 1 saturated heterocycles. The lowest BCUT2D eigenvalue weighted by Gasteiger charge is -2.33. The number of nitrogens with zero attached hydrogens (tertiary/aromatic N) is 5. The Bertz CT molecular complexity index is 779. The van der Waals surface area contributed by atoms with Crippen LogP contribution in [0, 0.1) is 0 Å². The molecule has 2 aromatic rings. The Kier molecular flexibility index (Phi) is 4.24. The van der Waals surface area contributed by atoms with Gasteiger partial charge in [0.2, 0.25) is 0 Å². The molecule has 1 aliphatic rings. The third kappa shape index (κ3) is 2.90. The molecule has 126 valence electrons. The molecule has 1 aliphatic heterocycles. The first-order chi connectivity index (χ1) is 10.9. The smallest absolute Gasteiger partial charge is 0.260 e. The maximum atomic E-state index is 13.0. The second-order valence-corrected chi connectivity index (χ2v) is 7.99. The van der Waals surface area contributed by atoms with E-state index in [1.807, 2.05) is 13.8 Å². The molecule has 0 aromatic carbocycles. The minimum Gasteiger partial charge on any atom is -0.262 e. The number of aryl methyl sites for hydroxylation is 1. The summed E-state index contributed by atoms with van der Waals surface area (Å²) in [7, 11) is -1.98. The van der Waals surface area contributed by atoms with Crippen molar-refractivity contribution in [3.05, 3.63) is 23.9 Å². The maximum Gasteiger partial charge on any atom is 0.260 e. The molecule has 0 unspecified atom stereocenters. The van der Waals surface area contributed by atoms with Gasteiger partial charge in [0, 0.05) is 19.5 Å². The number of rotatable bonds is 4. The average Bonchev–Trinajstić information content (AvgIpc) is 3.16. The van der Waals surface area contributed by atoms with Gasteiger partial charge in [-0.15, -0.1) is 0 Å². The van der Waals surface area contributed by atoms with Crippen molar-refractivity contribution in [2.75, 3.05) is 6.54 Å². The largest absolute Gasteiger partial charge is 0.262 e. The molecular weight excluding hydrogens is 316 g/mol. The van der Waals surface area contributed by atoms with Crippen molar-refractivity contribution >= 4 is 10.0 Å². The van der Waals surface area contributed by atoms with Crippen molar-refractivity contribution in [2.45, 2.75) is 50.1 Å². The number of hydrogen-bond acceptors (Lipinski definition) is 5. The van der Waals surface area contributed by atoms with Crippen molar-refractivity contribution in [3.8, 4) is 0 Å². The minimum atomic E-state index is -3.61. The topological polar surface area (TPSA) is 96.8 Å². The Morgan fingerprint density at radius 1 is 1.35 bits per heavy atom. The molecule has 1 fully saturated rings. The van der Waals surface area contributed by atoms with Crippen molar-refractivity contribution < 1.29 is 8.42 Å². The lowest BCUT2D eigenvalue weighted by atomic mass is 10.0. The molecule has 0 bridgehead atoms. The average molecular weight is 338 g/mol. The Balaban J connectivity index is 1.97. The van der Waals surface area contributed by atoms with E-state index in [1.165, 1.54) is 21.3 Å². The Hall–Kier alpha value is -1.74. The van der Waals surface area contributed by atoms with E-state index in [-0.39, 0.29) is 17.0 Å². The molecule has 0 aliphatic carbocycles. The lowest BCUT2D eigenvalue weighted by Crippen LogP contribution is -2.39. The Labute approximate surface area is 136 Å². The van der Waals surface area contributed by atoms with E-state index in [4.69, 9.17) is 0 Å². The van der Waals surface area contributed by atoms with Gasteiger partial charge in [-0.05, 0) is 18.9 Å². The number of piperidine rings is 1. The van der Waals surface area contributed by atoms with Crippen LogP contribution in [0.2, 0.25) is 0 Å². The first kappa shape index (κ1) is 16.1. The zero-order valence-corrected chi connectivity index (χ0v) is 14.4.